The molecule has 1 atom stereocenters. The zero-order valence-corrected chi connectivity index (χ0v) is 13.0. The predicted octanol–water partition coefficient (Wildman–Crippen LogP) is 3.10. The molecule has 0 amide bonds. The van der Waals surface area contributed by atoms with Crippen LogP contribution in [0.5, 0.6) is 0 Å². The van der Waals surface area contributed by atoms with Gasteiger partial charge < -0.3 is 10.2 Å². The van der Waals surface area contributed by atoms with Crippen LogP contribution < -0.4 is 5.32 Å². The molecule has 0 spiro atoms. The Kier molecular flexibility index (Phi) is 5.45. The van der Waals surface area contributed by atoms with E-state index in [0.717, 1.165) is 32.1 Å². The third-order valence-electron chi connectivity index (χ3n) is 3.70. The van der Waals surface area contributed by atoms with Gasteiger partial charge in [0.15, 0.2) is 5.96 Å². The lowest BCUT2D eigenvalue weighted by molar-refractivity contribution is 0.483. The van der Waals surface area contributed by atoms with E-state index in [9.17, 15) is 0 Å². The fourth-order valence-corrected chi connectivity index (χ4v) is 2.64. The minimum absolute atomic E-state index is 0.608. The zero-order chi connectivity index (χ0) is 14.4. The normalized spacial score (nSPS) is 19.7. The Morgan fingerprint density at radius 2 is 2.10 bits per heavy atom. The summed E-state index contributed by atoms with van der Waals surface area (Å²) in [7, 11) is 0. The van der Waals surface area contributed by atoms with E-state index in [-0.39, 0.29) is 0 Å². The van der Waals surface area contributed by atoms with Gasteiger partial charge in [-0.2, -0.15) is 0 Å². The smallest absolute Gasteiger partial charge is 0.193 e. The summed E-state index contributed by atoms with van der Waals surface area (Å²) in [5.41, 5.74) is 1.45. The van der Waals surface area contributed by atoms with Crippen molar-refractivity contribution in [1.29, 1.82) is 0 Å². The molecule has 3 heteroatoms. The van der Waals surface area contributed by atoms with Gasteiger partial charge in [0.25, 0.3) is 0 Å². The number of nitrogens with one attached hydrogen (secondary N) is 1. The van der Waals surface area contributed by atoms with E-state index in [0.29, 0.717) is 11.8 Å². The number of guanidine groups is 1. The summed E-state index contributed by atoms with van der Waals surface area (Å²) in [5.74, 6) is 2.33. The van der Waals surface area contributed by atoms with Crippen molar-refractivity contribution in [3.63, 3.8) is 0 Å². The van der Waals surface area contributed by atoms with Crippen LogP contribution >= 0.6 is 0 Å². The second-order valence-corrected chi connectivity index (χ2v) is 5.93. The van der Waals surface area contributed by atoms with Crippen LogP contribution in [0.1, 0.15) is 38.7 Å². The molecule has 0 aliphatic carbocycles. The van der Waals surface area contributed by atoms with Crippen molar-refractivity contribution in [2.45, 2.75) is 33.1 Å². The molecule has 0 saturated carbocycles. The Hall–Kier alpha value is -1.51. The molecular formula is C17H27N3. The molecule has 3 nitrogen and oxygen atoms in total. The van der Waals surface area contributed by atoms with E-state index >= 15 is 0 Å². The topological polar surface area (TPSA) is 27.6 Å². The summed E-state index contributed by atoms with van der Waals surface area (Å²) >= 11 is 0. The van der Waals surface area contributed by atoms with E-state index in [1.807, 2.05) is 0 Å². The van der Waals surface area contributed by atoms with E-state index < -0.39 is 0 Å². The quantitative estimate of drug-likeness (QED) is 0.674. The number of likely N-dealkylation sites (tertiary alicyclic amines) is 1. The van der Waals surface area contributed by atoms with E-state index in [2.05, 4.69) is 61.3 Å². The molecule has 0 bridgehead atoms. The molecule has 1 heterocycles. The maximum Gasteiger partial charge on any atom is 0.193 e. The molecule has 1 N–H and O–H groups in total. The van der Waals surface area contributed by atoms with Crippen LogP contribution in [0.3, 0.4) is 0 Å². The summed E-state index contributed by atoms with van der Waals surface area (Å²) in [6.07, 6.45) is 1.22. The first kappa shape index (κ1) is 14.9. The van der Waals surface area contributed by atoms with Crippen molar-refractivity contribution in [3.05, 3.63) is 35.9 Å². The molecule has 1 aromatic carbocycles. The van der Waals surface area contributed by atoms with Gasteiger partial charge in [0.05, 0.1) is 0 Å². The summed E-state index contributed by atoms with van der Waals surface area (Å²) in [5, 5.41) is 3.43. The van der Waals surface area contributed by atoms with Crippen molar-refractivity contribution in [2.75, 3.05) is 26.2 Å². The molecule has 1 saturated heterocycles. The molecule has 2 rings (SSSR count). The molecule has 1 fully saturated rings. The molecule has 1 aliphatic rings. The lowest BCUT2D eigenvalue weighted by Crippen LogP contribution is -2.40. The molecule has 1 aliphatic heterocycles. The fraction of sp³-hybridized carbons (Fsp3) is 0.588. The zero-order valence-electron chi connectivity index (χ0n) is 13.0. The van der Waals surface area contributed by atoms with Crippen LogP contribution in [0.25, 0.3) is 0 Å². The highest BCUT2D eigenvalue weighted by atomic mass is 15.3. The van der Waals surface area contributed by atoms with Crippen LogP contribution in [-0.2, 0) is 0 Å². The van der Waals surface area contributed by atoms with Gasteiger partial charge >= 0.3 is 0 Å². The van der Waals surface area contributed by atoms with Gasteiger partial charge in [-0.05, 0) is 24.8 Å². The summed E-state index contributed by atoms with van der Waals surface area (Å²) in [4.78, 5) is 7.16. The fourth-order valence-electron chi connectivity index (χ4n) is 2.64. The lowest BCUT2D eigenvalue weighted by Gasteiger charge is -2.22. The van der Waals surface area contributed by atoms with Crippen LogP contribution in [0, 0.1) is 5.92 Å². The summed E-state index contributed by atoms with van der Waals surface area (Å²) in [6, 6.07) is 10.8. The second-order valence-electron chi connectivity index (χ2n) is 5.93. The number of nitrogens with zero attached hydrogens (tertiary/aromatic N) is 2. The Bertz CT molecular complexity index is 425. The van der Waals surface area contributed by atoms with Gasteiger partial charge in [-0.25, -0.2) is 0 Å². The van der Waals surface area contributed by atoms with Crippen LogP contribution in [0.4, 0.5) is 0 Å². The van der Waals surface area contributed by atoms with Gasteiger partial charge in [0, 0.05) is 32.1 Å². The molecule has 20 heavy (non-hydrogen) atoms. The Labute approximate surface area is 123 Å². The Balaban J connectivity index is 2.00. The van der Waals surface area contributed by atoms with Crippen molar-refractivity contribution in [2.24, 2.45) is 10.9 Å². The summed E-state index contributed by atoms with van der Waals surface area (Å²) in [6.45, 7) is 10.6. The third-order valence-corrected chi connectivity index (χ3v) is 3.70. The van der Waals surface area contributed by atoms with E-state index in [1.165, 1.54) is 12.0 Å². The predicted molar refractivity (Wildman–Crippen MR) is 86.2 cm³/mol. The van der Waals surface area contributed by atoms with Gasteiger partial charge in [-0.15, -0.1) is 0 Å². The monoisotopic (exact) mass is 273 g/mol. The summed E-state index contributed by atoms with van der Waals surface area (Å²) < 4.78 is 0. The van der Waals surface area contributed by atoms with Gasteiger partial charge in [0.2, 0.25) is 0 Å². The highest BCUT2D eigenvalue weighted by Crippen LogP contribution is 2.26. The minimum atomic E-state index is 0.608. The average molecular weight is 273 g/mol. The van der Waals surface area contributed by atoms with Crippen LogP contribution in [0.2, 0.25) is 0 Å². The first-order valence-electron chi connectivity index (χ1n) is 7.79. The van der Waals surface area contributed by atoms with Crippen molar-refractivity contribution < 1.29 is 0 Å². The number of rotatable bonds is 4. The van der Waals surface area contributed by atoms with E-state index in [4.69, 9.17) is 4.99 Å². The minimum Gasteiger partial charge on any atom is -0.357 e. The standard InChI is InChI=1S/C17H27N3/c1-4-18-17(19-12-14(2)3)20-11-10-16(13-20)15-8-6-5-7-9-15/h5-9,14,16H,4,10-13H2,1-3H3,(H,18,19). The first-order chi connectivity index (χ1) is 9.70. The van der Waals surface area contributed by atoms with Gasteiger partial charge in [0.1, 0.15) is 0 Å². The highest BCUT2D eigenvalue weighted by molar-refractivity contribution is 5.80. The maximum absolute atomic E-state index is 4.75. The van der Waals surface area contributed by atoms with Crippen molar-refractivity contribution >= 4 is 5.96 Å². The largest absolute Gasteiger partial charge is 0.357 e. The molecular weight excluding hydrogens is 246 g/mol. The third kappa shape index (κ3) is 3.99. The SMILES string of the molecule is CCNC(=NCC(C)C)N1CCC(c2ccccc2)C1. The number of aliphatic imine (C=N–C) groups is 1. The second kappa shape index (κ2) is 7.32. The van der Waals surface area contributed by atoms with E-state index in [1.54, 1.807) is 0 Å². The average Bonchev–Trinajstić information content (AvgIpc) is 2.94. The van der Waals surface area contributed by atoms with Crippen molar-refractivity contribution in [1.82, 2.24) is 10.2 Å². The Morgan fingerprint density at radius 1 is 1.35 bits per heavy atom. The number of hydrogen-bond donors (Lipinski definition) is 1. The van der Waals surface area contributed by atoms with Crippen LogP contribution in [-0.4, -0.2) is 37.0 Å². The van der Waals surface area contributed by atoms with Crippen LogP contribution in [0.15, 0.2) is 35.3 Å². The number of hydrogen-bond acceptors (Lipinski definition) is 1. The highest BCUT2D eigenvalue weighted by Gasteiger charge is 2.25. The van der Waals surface area contributed by atoms with Crippen molar-refractivity contribution in [3.8, 4) is 0 Å². The molecule has 1 aromatic rings. The maximum atomic E-state index is 4.75. The van der Waals surface area contributed by atoms with Gasteiger partial charge in [-0.1, -0.05) is 44.2 Å². The molecule has 0 radical (unpaired) electrons. The molecule has 1 unspecified atom stereocenters. The Morgan fingerprint density at radius 3 is 2.75 bits per heavy atom. The number of benzene rings is 1. The first-order valence-corrected chi connectivity index (χ1v) is 7.79. The molecule has 0 aromatic heterocycles. The lowest BCUT2D eigenvalue weighted by atomic mass is 9.99. The molecule has 110 valence electrons. The van der Waals surface area contributed by atoms with Gasteiger partial charge in [-0.3, -0.25) is 4.99 Å².